The van der Waals surface area contributed by atoms with Gasteiger partial charge in [-0.1, -0.05) is 30.3 Å². The fourth-order valence-electron chi connectivity index (χ4n) is 3.46. The summed E-state index contributed by atoms with van der Waals surface area (Å²) in [5.41, 5.74) is 1.11. The Balaban J connectivity index is 1.59. The largest absolute Gasteiger partial charge is 0.347 e. The molecule has 0 aromatic heterocycles. The highest BCUT2D eigenvalue weighted by atomic mass is 16.7. The maximum Gasteiger partial charge on any atom is 0.317 e. The molecule has 23 heavy (non-hydrogen) atoms. The Hall–Kier alpha value is -1.59. The van der Waals surface area contributed by atoms with Gasteiger partial charge < -0.3 is 19.7 Å². The normalized spacial score (nSPS) is 25.1. The van der Waals surface area contributed by atoms with Gasteiger partial charge in [-0.15, -0.1) is 0 Å². The fraction of sp³-hybridized carbons (Fsp3) is 0.611. The molecule has 2 atom stereocenters. The molecule has 2 saturated heterocycles. The van der Waals surface area contributed by atoms with Crippen molar-refractivity contribution in [2.75, 3.05) is 26.3 Å². The van der Waals surface area contributed by atoms with E-state index < -0.39 is 5.79 Å². The molecule has 1 N–H and O–H groups in total. The summed E-state index contributed by atoms with van der Waals surface area (Å²) in [6.45, 7) is 6.77. The van der Waals surface area contributed by atoms with Crippen molar-refractivity contribution >= 4 is 6.03 Å². The summed E-state index contributed by atoms with van der Waals surface area (Å²) in [7, 11) is 0. The van der Waals surface area contributed by atoms with Crippen molar-refractivity contribution in [1.29, 1.82) is 0 Å². The van der Waals surface area contributed by atoms with Gasteiger partial charge in [0, 0.05) is 19.0 Å². The molecule has 2 aliphatic heterocycles. The highest BCUT2D eigenvalue weighted by Crippen LogP contribution is 2.34. The van der Waals surface area contributed by atoms with Crippen LogP contribution in [0.4, 0.5) is 4.79 Å². The van der Waals surface area contributed by atoms with Crippen molar-refractivity contribution in [3.05, 3.63) is 35.9 Å². The standard InChI is InChI=1S/C18H26N2O3/c1-14(15-7-4-3-5-8-15)19-17(21)20-10-6-9-16(13-20)18(2)22-11-12-23-18/h3-5,7-8,14,16H,6,9-13H2,1-2H3,(H,19,21)/t14-,16?/m1/s1. The monoisotopic (exact) mass is 318 g/mol. The summed E-state index contributed by atoms with van der Waals surface area (Å²) in [6.07, 6.45) is 2.02. The predicted octanol–water partition coefficient (Wildman–Crippen LogP) is 2.93. The summed E-state index contributed by atoms with van der Waals surface area (Å²) < 4.78 is 11.6. The van der Waals surface area contributed by atoms with E-state index in [9.17, 15) is 4.79 Å². The van der Waals surface area contributed by atoms with Crippen molar-refractivity contribution in [2.45, 2.75) is 38.5 Å². The van der Waals surface area contributed by atoms with Crippen molar-refractivity contribution in [2.24, 2.45) is 5.92 Å². The summed E-state index contributed by atoms with van der Waals surface area (Å²) >= 11 is 0. The minimum Gasteiger partial charge on any atom is -0.347 e. The van der Waals surface area contributed by atoms with Crippen LogP contribution in [0.15, 0.2) is 30.3 Å². The Bertz CT molecular complexity index is 528. The van der Waals surface area contributed by atoms with Gasteiger partial charge in [0.25, 0.3) is 0 Å². The molecule has 0 saturated carbocycles. The molecule has 0 radical (unpaired) electrons. The fourth-order valence-corrected chi connectivity index (χ4v) is 3.46. The number of rotatable bonds is 3. The lowest BCUT2D eigenvalue weighted by atomic mass is 9.90. The molecule has 1 aromatic rings. The number of nitrogens with one attached hydrogen (secondary N) is 1. The molecule has 5 heteroatoms. The van der Waals surface area contributed by atoms with E-state index >= 15 is 0 Å². The van der Waals surface area contributed by atoms with E-state index in [2.05, 4.69) is 5.32 Å². The lowest BCUT2D eigenvalue weighted by Crippen LogP contribution is -2.51. The molecule has 126 valence electrons. The van der Waals surface area contributed by atoms with Gasteiger partial charge >= 0.3 is 6.03 Å². The van der Waals surface area contributed by atoms with E-state index in [1.54, 1.807) is 0 Å². The quantitative estimate of drug-likeness (QED) is 0.932. The molecule has 2 heterocycles. The van der Waals surface area contributed by atoms with Gasteiger partial charge in [0.1, 0.15) is 0 Å². The molecule has 0 bridgehead atoms. The maximum atomic E-state index is 12.6. The highest BCUT2D eigenvalue weighted by Gasteiger charge is 2.42. The number of piperidine rings is 1. The van der Waals surface area contributed by atoms with E-state index in [1.165, 1.54) is 0 Å². The topological polar surface area (TPSA) is 50.8 Å². The number of carbonyl (C=O) groups excluding carboxylic acids is 1. The number of nitrogens with zero attached hydrogens (tertiary/aromatic N) is 1. The Kier molecular flexibility index (Phi) is 4.87. The number of carbonyl (C=O) groups is 1. The zero-order chi connectivity index (χ0) is 16.3. The number of urea groups is 1. The third kappa shape index (κ3) is 3.67. The van der Waals surface area contributed by atoms with Crippen LogP contribution in [-0.4, -0.2) is 43.0 Å². The van der Waals surface area contributed by atoms with Gasteiger partial charge in [-0.2, -0.15) is 0 Å². The second kappa shape index (κ2) is 6.89. The summed E-state index contributed by atoms with van der Waals surface area (Å²) in [5.74, 6) is -0.305. The average molecular weight is 318 g/mol. The molecule has 3 rings (SSSR count). The Morgan fingerprint density at radius 1 is 1.30 bits per heavy atom. The molecule has 0 spiro atoms. The first kappa shape index (κ1) is 16.3. The summed E-state index contributed by atoms with van der Waals surface area (Å²) in [4.78, 5) is 14.5. The maximum absolute atomic E-state index is 12.6. The van der Waals surface area contributed by atoms with Crippen LogP contribution in [0.2, 0.25) is 0 Å². The second-order valence-electron chi connectivity index (χ2n) is 6.58. The number of likely N-dealkylation sites (tertiary alicyclic amines) is 1. The lowest BCUT2D eigenvalue weighted by molar-refractivity contribution is -0.189. The van der Waals surface area contributed by atoms with E-state index in [0.29, 0.717) is 19.8 Å². The van der Waals surface area contributed by atoms with E-state index in [-0.39, 0.29) is 18.0 Å². The zero-order valence-corrected chi connectivity index (χ0v) is 14.0. The number of ether oxygens (including phenoxy) is 2. The summed E-state index contributed by atoms with van der Waals surface area (Å²) in [6, 6.07) is 10.0. The van der Waals surface area contributed by atoms with Gasteiger partial charge in [-0.05, 0) is 32.3 Å². The Labute approximate surface area is 137 Å². The van der Waals surface area contributed by atoms with Crippen LogP contribution in [0.3, 0.4) is 0 Å². The first-order chi connectivity index (χ1) is 11.1. The Morgan fingerprint density at radius 3 is 2.70 bits per heavy atom. The SMILES string of the molecule is C[C@@H](NC(=O)N1CCCC(C2(C)OCCO2)C1)c1ccccc1. The minimum absolute atomic E-state index is 0.00126. The van der Waals surface area contributed by atoms with Gasteiger partial charge in [-0.25, -0.2) is 4.79 Å². The smallest absolute Gasteiger partial charge is 0.317 e. The molecule has 2 fully saturated rings. The van der Waals surface area contributed by atoms with Crippen LogP contribution in [0.1, 0.15) is 38.3 Å². The van der Waals surface area contributed by atoms with Crippen LogP contribution in [0.5, 0.6) is 0 Å². The van der Waals surface area contributed by atoms with Gasteiger partial charge in [0.05, 0.1) is 19.3 Å². The van der Waals surface area contributed by atoms with Crippen LogP contribution in [0, 0.1) is 5.92 Å². The average Bonchev–Trinajstić information content (AvgIpc) is 3.04. The molecule has 5 nitrogen and oxygen atoms in total. The second-order valence-corrected chi connectivity index (χ2v) is 6.58. The van der Waals surface area contributed by atoms with Crippen molar-refractivity contribution < 1.29 is 14.3 Å². The van der Waals surface area contributed by atoms with Gasteiger partial charge in [0.15, 0.2) is 5.79 Å². The van der Waals surface area contributed by atoms with Crippen LogP contribution >= 0.6 is 0 Å². The predicted molar refractivity (Wildman–Crippen MR) is 88.0 cm³/mol. The van der Waals surface area contributed by atoms with Gasteiger partial charge in [-0.3, -0.25) is 0 Å². The lowest BCUT2D eigenvalue weighted by Gasteiger charge is -2.40. The first-order valence-corrected chi connectivity index (χ1v) is 8.47. The molecule has 1 aromatic carbocycles. The summed E-state index contributed by atoms with van der Waals surface area (Å²) in [5, 5.41) is 3.09. The van der Waals surface area contributed by atoms with Crippen molar-refractivity contribution in [1.82, 2.24) is 10.2 Å². The minimum atomic E-state index is -0.538. The number of benzene rings is 1. The third-order valence-corrected chi connectivity index (χ3v) is 4.95. The molecule has 0 aliphatic carbocycles. The Morgan fingerprint density at radius 2 is 2.00 bits per heavy atom. The van der Waals surface area contributed by atoms with Crippen LogP contribution < -0.4 is 5.32 Å². The van der Waals surface area contributed by atoms with Gasteiger partial charge in [0.2, 0.25) is 0 Å². The highest BCUT2D eigenvalue weighted by molar-refractivity contribution is 5.74. The molecular formula is C18H26N2O3. The number of amides is 2. The van der Waals surface area contributed by atoms with Crippen molar-refractivity contribution in [3.8, 4) is 0 Å². The number of hydrogen-bond donors (Lipinski definition) is 1. The van der Waals surface area contributed by atoms with E-state index in [0.717, 1.165) is 24.9 Å². The zero-order valence-electron chi connectivity index (χ0n) is 14.0. The van der Waals surface area contributed by atoms with Crippen molar-refractivity contribution in [3.63, 3.8) is 0 Å². The first-order valence-electron chi connectivity index (χ1n) is 8.47. The molecule has 2 aliphatic rings. The molecule has 2 amide bonds. The van der Waals surface area contributed by atoms with Crippen LogP contribution in [0.25, 0.3) is 0 Å². The number of hydrogen-bond acceptors (Lipinski definition) is 3. The van der Waals surface area contributed by atoms with E-state index in [4.69, 9.17) is 9.47 Å². The van der Waals surface area contributed by atoms with E-state index in [1.807, 2.05) is 49.1 Å². The molecule has 1 unspecified atom stereocenters. The van der Waals surface area contributed by atoms with Crippen LogP contribution in [-0.2, 0) is 9.47 Å². The molecular weight excluding hydrogens is 292 g/mol. The third-order valence-electron chi connectivity index (χ3n) is 4.95.